The van der Waals surface area contributed by atoms with Crippen LogP contribution in [0.15, 0.2) is 11.8 Å². The Hall–Kier alpha value is -3.68. The molecule has 36 heavy (non-hydrogen) atoms. The van der Waals surface area contributed by atoms with Crippen LogP contribution in [-0.2, 0) is 61.9 Å². The number of carbonyl (C=O) groups excluding carboxylic acids is 6. The lowest BCUT2D eigenvalue weighted by Crippen LogP contribution is -2.65. The maximum absolute atomic E-state index is 12.3. The van der Waals surface area contributed by atoms with E-state index in [1.165, 1.54) is 13.8 Å². The standard InChI is InChI=1S/C22H31NO13/c1-7-30-21(28)15(22(29)31-8-2)9-23-20-19(35-14(6)27)18(34-13(5)26)17(33-12(4)25)16(36-20)10-32-11(3)24/h9,16-20,23H,7-8,10H2,1-6H3/t16-,17+,18+,19-,20-/m1/s1. The summed E-state index contributed by atoms with van der Waals surface area (Å²) in [4.78, 5) is 71.4. The lowest BCUT2D eigenvalue weighted by Gasteiger charge is -2.44. The first-order valence-electron chi connectivity index (χ1n) is 11.0. The minimum Gasteiger partial charge on any atom is -0.463 e. The molecule has 0 unspecified atom stereocenters. The minimum absolute atomic E-state index is 0.0331. The monoisotopic (exact) mass is 517 g/mol. The van der Waals surface area contributed by atoms with E-state index < -0.39 is 78.6 Å². The molecule has 0 radical (unpaired) electrons. The third-order valence-electron chi connectivity index (χ3n) is 4.37. The number of hydrogen-bond donors (Lipinski definition) is 1. The van der Waals surface area contributed by atoms with Gasteiger partial charge in [-0.2, -0.15) is 0 Å². The van der Waals surface area contributed by atoms with Gasteiger partial charge in [0.05, 0.1) is 13.2 Å². The maximum Gasteiger partial charge on any atom is 0.347 e. The lowest BCUT2D eigenvalue weighted by atomic mass is 9.97. The molecule has 0 aromatic rings. The van der Waals surface area contributed by atoms with Gasteiger partial charge in [-0.25, -0.2) is 9.59 Å². The van der Waals surface area contributed by atoms with E-state index in [-0.39, 0.29) is 13.2 Å². The molecule has 14 heteroatoms. The highest BCUT2D eigenvalue weighted by Gasteiger charge is 2.52. The highest BCUT2D eigenvalue weighted by molar-refractivity contribution is 6.13. The molecular formula is C22H31NO13. The summed E-state index contributed by atoms with van der Waals surface area (Å²) in [6.07, 6.45) is -5.89. The number of carbonyl (C=O) groups is 6. The van der Waals surface area contributed by atoms with Gasteiger partial charge in [0.25, 0.3) is 0 Å². The fourth-order valence-corrected chi connectivity index (χ4v) is 3.15. The molecule has 1 rings (SSSR count). The van der Waals surface area contributed by atoms with Crippen LogP contribution in [0, 0.1) is 0 Å². The van der Waals surface area contributed by atoms with Gasteiger partial charge in [0, 0.05) is 33.9 Å². The van der Waals surface area contributed by atoms with E-state index in [1.54, 1.807) is 0 Å². The first-order chi connectivity index (χ1) is 16.9. The van der Waals surface area contributed by atoms with Crippen LogP contribution in [-0.4, -0.2) is 86.3 Å². The van der Waals surface area contributed by atoms with Crippen LogP contribution < -0.4 is 5.32 Å². The van der Waals surface area contributed by atoms with Crippen LogP contribution in [0.1, 0.15) is 41.5 Å². The summed E-state index contributed by atoms with van der Waals surface area (Å²) in [5.41, 5.74) is -0.536. The molecule has 0 aliphatic carbocycles. The lowest BCUT2D eigenvalue weighted by molar-refractivity contribution is -0.255. The average molecular weight is 517 g/mol. The smallest absolute Gasteiger partial charge is 0.347 e. The molecule has 0 bridgehead atoms. The van der Waals surface area contributed by atoms with Crippen molar-refractivity contribution in [3.05, 3.63) is 11.8 Å². The van der Waals surface area contributed by atoms with Crippen molar-refractivity contribution in [2.45, 2.75) is 72.2 Å². The van der Waals surface area contributed by atoms with Crippen molar-refractivity contribution in [1.29, 1.82) is 0 Å². The normalized spacial score (nSPS) is 22.8. The first kappa shape index (κ1) is 30.4. The second-order valence-electron chi connectivity index (χ2n) is 7.29. The third-order valence-corrected chi connectivity index (χ3v) is 4.37. The summed E-state index contributed by atoms with van der Waals surface area (Å²) in [6, 6.07) is 0. The average Bonchev–Trinajstić information content (AvgIpc) is 2.75. The molecule has 1 heterocycles. The highest BCUT2D eigenvalue weighted by atomic mass is 16.7. The quantitative estimate of drug-likeness (QED) is 0.124. The second kappa shape index (κ2) is 14.7. The molecule has 202 valence electrons. The zero-order chi connectivity index (χ0) is 27.4. The van der Waals surface area contributed by atoms with Crippen molar-refractivity contribution >= 4 is 35.8 Å². The predicted octanol–water partition coefficient (Wildman–Crippen LogP) is -0.331. The maximum atomic E-state index is 12.3. The molecule has 5 atom stereocenters. The van der Waals surface area contributed by atoms with E-state index in [0.717, 1.165) is 33.9 Å². The van der Waals surface area contributed by atoms with Gasteiger partial charge in [-0.05, 0) is 13.8 Å². The van der Waals surface area contributed by atoms with Crippen molar-refractivity contribution in [1.82, 2.24) is 5.32 Å². The van der Waals surface area contributed by atoms with E-state index in [4.69, 9.17) is 33.2 Å². The van der Waals surface area contributed by atoms with Crippen molar-refractivity contribution in [2.75, 3.05) is 19.8 Å². The van der Waals surface area contributed by atoms with E-state index in [9.17, 15) is 28.8 Å². The van der Waals surface area contributed by atoms with Crippen LogP contribution in [0.4, 0.5) is 0 Å². The molecule has 0 aromatic heterocycles. The summed E-state index contributed by atoms with van der Waals surface area (Å²) >= 11 is 0. The number of nitrogens with one attached hydrogen (secondary N) is 1. The van der Waals surface area contributed by atoms with Crippen LogP contribution in [0.5, 0.6) is 0 Å². The predicted molar refractivity (Wildman–Crippen MR) is 116 cm³/mol. The van der Waals surface area contributed by atoms with Crippen LogP contribution >= 0.6 is 0 Å². The molecule has 1 saturated heterocycles. The highest BCUT2D eigenvalue weighted by Crippen LogP contribution is 2.28. The van der Waals surface area contributed by atoms with Gasteiger partial charge < -0.3 is 38.5 Å². The van der Waals surface area contributed by atoms with Gasteiger partial charge in [-0.3, -0.25) is 19.2 Å². The first-order valence-corrected chi connectivity index (χ1v) is 11.0. The SMILES string of the molecule is CCOC(=O)C(=CN[C@@H]1O[C@H](COC(C)=O)[C@H](OC(C)=O)[C@H](OC(C)=O)[C@H]1OC(C)=O)C(=O)OCC. The molecule has 14 nitrogen and oxygen atoms in total. The number of rotatable bonds is 11. The van der Waals surface area contributed by atoms with Crippen LogP contribution in [0.2, 0.25) is 0 Å². The zero-order valence-electron chi connectivity index (χ0n) is 20.9. The van der Waals surface area contributed by atoms with Gasteiger partial charge in [0.15, 0.2) is 30.1 Å². The van der Waals surface area contributed by atoms with Crippen molar-refractivity contribution < 1.29 is 61.9 Å². The molecule has 1 fully saturated rings. The van der Waals surface area contributed by atoms with Gasteiger partial charge >= 0.3 is 35.8 Å². The molecule has 1 aliphatic heterocycles. The Labute approximate surface area is 207 Å². The summed E-state index contributed by atoms with van der Waals surface area (Å²) in [5, 5.41) is 2.62. The van der Waals surface area contributed by atoms with Crippen molar-refractivity contribution in [3.63, 3.8) is 0 Å². The summed E-state index contributed by atoms with van der Waals surface area (Å²) in [7, 11) is 0. The molecule has 0 amide bonds. The van der Waals surface area contributed by atoms with Crippen molar-refractivity contribution in [3.8, 4) is 0 Å². The Morgan fingerprint density at radius 3 is 1.61 bits per heavy atom. The van der Waals surface area contributed by atoms with Gasteiger partial charge in [-0.15, -0.1) is 0 Å². The fourth-order valence-electron chi connectivity index (χ4n) is 3.15. The molecule has 0 saturated carbocycles. The second-order valence-corrected chi connectivity index (χ2v) is 7.29. The third kappa shape index (κ3) is 9.52. The van der Waals surface area contributed by atoms with Crippen LogP contribution in [0.3, 0.4) is 0 Å². The van der Waals surface area contributed by atoms with E-state index in [2.05, 4.69) is 5.32 Å². The summed E-state index contributed by atoms with van der Waals surface area (Å²) in [5.74, 6) is -5.10. The van der Waals surface area contributed by atoms with E-state index in [0.29, 0.717) is 0 Å². The number of esters is 6. The Morgan fingerprint density at radius 1 is 0.694 bits per heavy atom. The van der Waals surface area contributed by atoms with Gasteiger partial charge in [0.2, 0.25) is 0 Å². The van der Waals surface area contributed by atoms with Crippen molar-refractivity contribution in [2.24, 2.45) is 0 Å². The van der Waals surface area contributed by atoms with E-state index >= 15 is 0 Å². The largest absolute Gasteiger partial charge is 0.463 e. The van der Waals surface area contributed by atoms with Gasteiger partial charge in [-0.1, -0.05) is 0 Å². The molecule has 0 aromatic carbocycles. The minimum atomic E-state index is -1.44. The zero-order valence-corrected chi connectivity index (χ0v) is 20.9. The number of hydrogen-bond acceptors (Lipinski definition) is 14. The molecular weight excluding hydrogens is 486 g/mol. The topological polar surface area (TPSA) is 179 Å². The van der Waals surface area contributed by atoms with E-state index in [1.807, 2.05) is 0 Å². The number of ether oxygens (including phenoxy) is 7. The Bertz CT molecular complexity index is 848. The fraction of sp³-hybridized carbons (Fsp3) is 0.636. The Kier molecular flexibility index (Phi) is 12.4. The summed E-state index contributed by atoms with van der Waals surface area (Å²) in [6.45, 7) is 6.94. The van der Waals surface area contributed by atoms with Crippen LogP contribution in [0.25, 0.3) is 0 Å². The Balaban J connectivity index is 3.49. The van der Waals surface area contributed by atoms with Gasteiger partial charge in [0.1, 0.15) is 12.7 Å². The molecule has 0 spiro atoms. The summed E-state index contributed by atoms with van der Waals surface area (Å²) < 4.78 is 36.4. The molecule has 1 N–H and O–H groups in total. The molecule has 1 aliphatic rings. The Morgan fingerprint density at radius 2 is 1.17 bits per heavy atom.